The van der Waals surface area contributed by atoms with Crippen molar-refractivity contribution in [3.05, 3.63) is 40.4 Å². The first kappa shape index (κ1) is 25.5. The molecule has 172 valence electrons. The molecule has 1 aliphatic rings. The third-order valence-corrected chi connectivity index (χ3v) is 5.08. The highest BCUT2D eigenvalue weighted by molar-refractivity contribution is 9.10. The summed E-state index contributed by atoms with van der Waals surface area (Å²) in [4.78, 5) is 23.3. The monoisotopic (exact) mass is 500 g/mol. The van der Waals surface area contributed by atoms with Crippen LogP contribution in [-0.4, -0.2) is 55.2 Å². The summed E-state index contributed by atoms with van der Waals surface area (Å²) in [5, 5.41) is 9.72. The van der Waals surface area contributed by atoms with Gasteiger partial charge in [-0.3, -0.25) is 0 Å². The van der Waals surface area contributed by atoms with Crippen molar-refractivity contribution in [1.29, 1.82) is 0 Å². The number of hydrogen-bond acceptors (Lipinski definition) is 8. The summed E-state index contributed by atoms with van der Waals surface area (Å²) in [5.41, 5.74) is 1.05. The van der Waals surface area contributed by atoms with Crippen molar-refractivity contribution < 1.29 is 38.4 Å². The fraction of sp³-hybridized carbons (Fsp3) is 0.545. The largest absolute Gasteiger partial charge is 0.460 e. The highest BCUT2D eigenvalue weighted by Crippen LogP contribution is 2.35. The lowest BCUT2D eigenvalue weighted by Gasteiger charge is -2.34. The van der Waals surface area contributed by atoms with Gasteiger partial charge in [-0.2, -0.15) is 0 Å². The smallest absolute Gasteiger partial charge is 0.337 e. The van der Waals surface area contributed by atoms with Crippen LogP contribution in [0.3, 0.4) is 0 Å². The normalized spacial score (nSPS) is 21.9. The first-order valence-corrected chi connectivity index (χ1v) is 10.9. The zero-order valence-electron chi connectivity index (χ0n) is 18.0. The maximum absolute atomic E-state index is 12.0. The van der Waals surface area contributed by atoms with Crippen molar-refractivity contribution in [2.45, 2.75) is 58.2 Å². The second-order valence-electron chi connectivity index (χ2n) is 7.39. The fourth-order valence-electron chi connectivity index (χ4n) is 2.84. The molecule has 0 aromatic heterocycles. The number of esters is 2. The van der Waals surface area contributed by atoms with E-state index in [0.717, 1.165) is 18.4 Å². The van der Waals surface area contributed by atoms with E-state index in [4.69, 9.17) is 23.7 Å². The van der Waals surface area contributed by atoms with E-state index in [1.807, 2.05) is 6.92 Å². The number of carbonyl (C=O) groups excluding carboxylic acids is 2. The quantitative estimate of drug-likeness (QED) is 0.296. The summed E-state index contributed by atoms with van der Waals surface area (Å²) in [5.74, 6) is -0.913. The predicted octanol–water partition coefficient (Wildman–Crippen LogP) is 3.45. The van der Waals surface area contributed by atoms with Gasteiger partial charge in [0, 0.05) is 11.1 Å². The van der Waals surface area contributed by atoms with Crippen LogP contribution in [-0.2, 0) is 28.5 Å². The van der Waals surface area contributed by atoms with E-state index in [1.54, 1.807) is 18.2 Å². The second kappa shape index (κ2) is 12.3. The van der Waals surface area contributed by atoms with E-state index >= 15 is 0 Å². The molecular formula is C22H29BrO8. The Bertz CT molecular complexity index is 781. The number of ether oxygens (including phenoxy) is 5. The number of aliphatic hydroxyl groups excluding tert-OH is 1. The van der Waals surface area contributed by atoms with Crippen molar-refractivity contribution in [1.82, 2.24) is 0 Å². The third-order valence-electron chi connectivity index (χ3n) is 4.46. The highest BCUT2D eigenvalue weighted by atomic mass is 79.9. The van der Waals surface area contributed by atoms with E-state index in [1.165, 1.54) is 6.92 Å². The molecule has 9 heteroatoms. The molecule has 1 aromatic rings. The Morgan fingerprint density at radius 3 is 2.71 bits per heavy atom. The Labute approximate surface area is 190 Å². The van der Waals surface area contributed by atoms with E-state index in [-0.39, 0.29) is 37.6 Å². The standard InChI is InChI=1S/C22H29BrO8/c1-5-17-8-14(4)29-22(30-17)15-6-7-19(18(23)9-15)31-20(25)12-27-10-16(24)11-28-21(26)13(2)3/h6-7,9,14,16-17,22,24H,2,5,8,10-12H2,1,3-4H3. The summed E-state index contributed by atoms with van der Waals surface area (Å²) in [6.45, 7) is 8.23. The molecule has 0 amide bonds. The van der Waals surface area contributed by atoms with Gasteiger partial charge in [0.05, 0.1) is 23.3 Å². The number of benzene rings is 1. The van der Waals surface area contributed by atoms with Crippen LogP contribution in [0, 0.1) is 0 Å². The summed E-state index contributed by atoms with van der Waals surface area (Å²) in [6, 6.07) is 5.22. The first-order chi connectivity index (χ1) is 14.7. The van der Waals surface area contributed by atoms with Crippen LogP contribution in [0.15, 0.2) is 34.8 Å². The van der Waals surface area contributed by atoms with E-state index in [2.05, 4.69) is 29.4 Å². The molecule has 31 heavy (non-hydrogen) atoms. The van der Waals surface area contributed by atoms with E-state index in [9.17, 15) is 14.7 Å². The van der Waals surface area contributed by atoms with Gasteiger partial charge in [0.1, 0.15) is 25.1 Å². The molecule has 1 aromatic carbocycles. The van der Waals surface area contributed by atoms with Crippen LogP contribution in [0.5, 0.6) is 5.75 Å². The summed E-state index contributed by atoms with van der Waals surface area (Å²) >= 11 is 3.40. The molecule has 0 aliphatic carbocycles. The van der Waals surface area contributed by atoms with Crippen LogP contribution < -0.4 is 4.74 Å². The van der Waals surface area contributed by atoms with Gasteiger partial charge < -0.3 is 28.8 Å². The van der Waals surface area contributed by atoms with Crippen molar-refractivity contribution in [3.63, 3.8) is 0 Å². The summed E-state index contributed by atoms with van der Waals surface area (Å²) in [6.07, 6.45) is 0.463. The number of halogens is 1. The molecule has 2 rings (SSSR count). The Hall–Kier alpha value is -1.78. The molecule has 8 nitrogen and oxygen atoms in total. The van der Waals surface area contributed by atoms with Crippen molar-refractivity contribution >= 4 is 27.9 Å². The molecule has 1 saturated heterocycles. The van der Waals surface area contributed by atoms with Gasteiger partial charge >= 0.3 is 11.9 Å². The van der Waals surface area contributed by atoms with Crippen LogP contribution in [0.1, 0.15) is 45.5 Å². The zero-order valence-corrected chi connectivity index (χ0v) is 19.6. The first-order valence-electron chi connectivity index (χ1n) is 10.1. The number of rotatable bonds is 10. The number of hydrogen-bond donors (Lipinski definition) is 1. The minimum absolute atomic E-state index is 0.0943. The lowest BCUT2D eigenvalue weighted by molar-refractivity contribution is -0.243. The maximum atomic E-state index is 12.0. The lowest BCUT2D eigenvalue weighted by atomic mass is 10.1. The van der Waals surface area contributed by atoms with E-state index in [0.29, 0.717) is 10.2 Å². The average Bonchev–Trinajstić information content (AvgIpc) is 2.72. The Kier molecular flexibility index (Phi) is 10.1. The topological polar surface area (TPSA) is 101 Å². The van der Waals surface area contributed by atoms with Gasteiger partial charge in [-0.05, 0) is 54.8 Å². The van der Waals surface area contributed by atoms with Gasteiger partial charge in [-0.15, -0.1) is 0 Å². The second-order valence-corrected chi connectivity index (χ2v) is 8.25. The average molecular weight is 501 g/mol. The van der Waals surface area contributed by atoms with Crippen LogP contribution in [0.2, 0.25) is 0 Å². The summed E-state index contributed by atoms with van der Waals surface area (Å²) < 4.78 is 27.6. The summed E-state index contributed by atoms with van der Waals surface area (Å²) in [7, 11) is 0. The molecule has 1 fully saturated rings. The van der Waals surface area contributed by atoms with Gasteiger partial charge in [0.25, 0.3) is 0 Å². The molecule has 1 heterocycles. The van der Waals surface area contributed by atoms with Crippen molar-refractivity contribution in [2.75, 3.05) is 19.8 Å². The molecular weight excluding hydrogens is 472 g/mol. The highest BCUT2D eigenvalue weighted by Gasteiger charge is 2.28. The fourth-order valence-corrected chi connectivity index (χ4v) is 3.32. The molecule has 4 atom stereocenters. The predicted molar refractivity (Wildman–Crippen MR) is 115 cm³/mol. The van der Waals surface area contributed by atoms with Crippen molar-refractivity contribution in [3.8, 4) is 5.75 Å². The third kappa shape index (κ3) is 8.34. The number of aliphatic hydroxyl groups is 1. The molecule has 0 saturated carbocycles. The van der Waals surface area contributed by atoms with Gasteiger partial charge in [-0.25, -0.2) is 9.59 Å². The Morgan fingerprint density at radius 1 is 1.32 bits per heavy atom. The maximum Gasteiger partial charge on any atom is 0.337 e. The minimum Gasteiger partial charge on any atom is -0.460 e. The van der Waals surface area contributed by atoms with Crippen molar-refractivity contribution in [2.24, 2.45) is 0 Å². The van der Waals surface area contributed by atoms with Crippen LogP contribution in [0.25, 0.3) is 0 Å². The Balaban J connectivity index is 1.80. The zero-order chi connectivity index (χ0) is 23.0. The molecule has 0 radical (unpaired) electrons. The van der Waals surface area contributed by atoms with Gasteiger partial charge in [-0.1, -0.05) is 19.6 Å². The van der Waals surface area contributed by atoms with Gasteiger partial charge in [0.2, 0.25) is 0 Å². The lowest BCUT2D eigenvalue weighted by Crippen LogP contribution is -2.31. The minimum atomic E-state index is -1.06. The SMILES string of the molecule is C=C(C)C(=O)OCC(O)COCC(=O)Oc1ccc(C2OC(C)CC(CC)O2)cc1Br. The number of carbonyl (C=O) groups is 2. The van der Waals surface area contributed by atoms with Crippen LogP contribution in [0.4, 0.5) is 0 Å². The molecule has 0 bridgehead atoms. The Morgan fingerprint density at radius 2 is 2.06 bits per heavy atom. The molecule has 4 unspecified atom stereocenters. The molecule has 0 spiro atoms. The molecule has 1 aliphatic heterocycles. The van der Waals surface area contributed by atoms with Crippen LogP contribution >= 0.6 is 15.9 Å². The van der Waals surface area contributed by atoms with E-state index < -0.39 is 24.3 Å². The van der Waals surface area contributed by atoms with Gasteiger partial charge in [0.15, 0.2) is 6.29 Å². The molecule has 1 N–H and O–H groups in total.